The number of hydrogen-bond acceptors (Lipinski definition) is 3. The lowest BCUT2D eigenvalue weighted by molar-refractivity contribution is 0.101. The molecule has 0 spiro atoms. The maximum absolute atomic E-state index is 12.1. The standard InChI is InChI=1S/C17H11ClO3/c1-10(19)15-16(11-5-3-2-4-6-11)13-9-12(18)7-8-14(13)21-17(15)20/h2-9H,1H3. The molecule has 0 saturated carbocycles. The first-order valence-corrected chi connectivity index (χ1v) is 6.78. The van der Waals surface area contributed by atoms with E-state index in [-0.39, 0.29) is 11.3 Å². The summed E-state index contributed by atoms with van der Waals surface area (Å²) in [7, 11) is 0. The summed E-state index contributed by atoms with van der Waals surface area (Å²) in [6.45, 7) is 1.36. The van der Waals surface area contributed by atoms with E-state index in [1.54, 1.807) is 18.2 Å². The number of fused-ring (bicyclic) bond motifs is 1. The Labute approximate surface area is 125 Å². The van der Waals surface area contributed by atoms with Gasteiger partial charge >= 0.3 is 5.63 Å². The summed E-state index contributed by atoms with van der Waals surface area (Å²) in [5.74, 6) is -0.329. The molecule has 1 aromatic heterocycles. The molecule has 0 aliphatic heterocycles. The molecule has 2 aromatic carbocycles. The molecule has 0 fully saturated rings. The van der Waals surface area contributed by atoms with E-state index in [4.69, 9.17) is 16.0 Å². The molecule has 3 rings (SSSR count). The Hall–Kier alpha value is -2.39. The number of carbonyl (C=O) groups is 1. The molecule has 3 nitrogen and oxygen atoms in total. The summed E-state index contributed by atoms with van der Waals surface area (Å²) >= 11 is 6.05. The van der Waals surface area contributed by atoms with Gasteiger partial charge in [-0.05, 0) is 30.7 Å². The van der Waals surface area contributed by atoms with Crippen LogP contribution >= 0.6 is 11.6 Å². The quantitative estimate of drug-likeness (QED) is 0.523. The van der Waals surface area contributed by atoms with Gasteiger partial charge in [-0.25, -0.2) is 4.79 Å². The topological polar surface area (TPSA) is 47.3 Å². The van der Waals surface area contributed by atoms with Crippen LogP contribution in [0.5, 0.6) is 0 Å². The molecule has 0 radical (unpaired) electrons. The molecule has 0 saturated heterocycles. The smallest absolute Gasteiger partial charge is 0.347 e. The molecule has 0 amide bonds. The highest BCUT2D eigenvalue weighted by Gasteiger charge is 2.19. The monoisotopic (exact) mass is 298 g/mol. The van der Waals surface area contributed by atoms with E-state index < -0.39 is 5.63 Å². The highest BCUT2D eigenvalue weighted by atomic mass is 35.5. The van der Waals surface area contributed by atoms with Gasteiger partial charge in [0.2, 0.25) is 0 Å². The third-order valence-corrected chi connectivity index (χ3v) is 3.52. The third-order valence-electron chi connectivity index (χ3n) is 3.28. The fourth-order valence-corrected chi connectivity index (χ4v) is 2.57. The van der Waals surface area contributed by atoms with E-state index in [9.17, 15) is 9.59 Å². The number of carbonyl (C=O) groups excluding carboxylic acids is 1. The zero-order chi connectivity index (χ0) is 15.0. The van der Waals surface area contributed by atoms with Crippen molar-refractivity contribution in [2.75, 3.05) is 0 Å². The molecule has 0 aliphatic carbocycles. The molecule has 0 atom stereocenters. The highest BCUT2D eigenvalue weighted by Crippen LogP contribution is 2.32. The second-order valence-electron chi connectivity index (χ2n) is 4.70. The fourth-order valence-electron chi connectivity index (χ4n) is 2.40. The second-order valence-corrected chi connectivity index (χ2v) is 5.14. The molecule has 104 valence electrons. The van der Waals surface area contributed by atoms with Crippen LogP contribution in [0, 0.1) is 0 Å². The van der Waals surface area contributed by atoms with Gasteiger partial charge in [-0.1, -0.05) is 41.9 Å². The van der Waals surface area contributed by atoms with Gasteiger partial charge in [0.1, 0.15) is 11.1 Å². The summed E-state index contributed by atoms with van der Waals surface area (Å²) in [5, 5.41) is 1.17. The van der Waals surface area contributed by atoms with Crippen molar-refractivity contribution >= 4 is 28.4 Å². The summed E-state index contributed by atoms with van der Waals surface area (Å²) in [4.78, 5) is 24.0. The number of benzene rings is 2. The molecular weight excluding hydrogens is 288 g/mol. The van der Waals surface area contributed by atoms with Crippen LogP contribution in [0.3, 0.4) is 0 Å². The number of Topliss-reactive ketones (excluding diaryl/α,β-unsaturated/α-hetero) is 1. The average molecular weight is 299 g/mol. The van der Waals surface area contributed by atoms with Crippen LogP contribution in [0.1, 0.15) is 17.3 Å². The van der Waals surface area contributed by atoms with Crippen LogP contribution in [0.4, 0.5) is 0 Å². The number of halogens is 1. The molecule has 0 bridgehead atoms. The van der Waals surface area contributed by atoms with Crippen molar-refractivity contribution in [1.29, 1.82) is 0 Å². The van der Waals surface area contributed by atoms with Crippen LogP contribution < -0.4 is 5.63 Å². The van der Waals surface area contributed by atoms with Crippen molar-refractivity contribution in [3.05, 3.63) is 69.5 Å². The van der Waals surface area contributed by atoms with E-state index in [1.807, 2.05) is 30.3 Å². The van der Waals surface area contributed by atoms with Crippen molar-refractivity contribution in [2.24, 2.45) is 0 Å². The summed E-state index contributed by atoms with van der Waals surface area (Å²) < 4.78 is 5.24. The minimum Gasteiger partial charge on any atom is -0.422 e. The van der Waals surface area contributed by atoms with Crippen molar-refractivity contribution in [2.45, 2.75) is 6.92 Å². The summed E-state index contributed by atoms with van der Waals surface area (Å²) in [6.07, 6.45) is 0. The molecular formula is C17H11ClO3. The van der Waals surface area contributed by atoms with Crippen molar-refractivity contribution in [3.8, 4) is 11.1 Å². The first-order chi connectivity index (χ1) is 10.1. The fraction of sp³-hybridized carbons (Fsp3) is 0.0588. The van der Waals surface area contributed by atoms with Gasteiger partial charge < -0.3 is 4.42 Å². The Morgan fingerprint density at radius 1 is 1.10 bits per heavy atom. The minimum atomic E-state index is -0.629. The summed E-state index contributed by atoms with van der Waals surface area (Å²) in [5.41, 5.74) is 1.18. The minimum absolute atomic E-state index is 0.0518. The molecule has 0 aliphatic rings. The van der Waals surface area contributed by atoms with Gasteiger partial charge in [0.05, 0.1) is 0 Å². The lowest BCUT2D eigenvalue weighted by atomic mass is 9.95. The van der Waals surface area contributed by atoms with E-state index >= 15 is 0 Å². The van der Waals surface area contributed by atoms with Gasteiger partial charge in [0.15, 0.2) is 5.78 Å². The Morgan fingerprint density at radius 3 is 2.48 bits per heavy atom. The SMILES string of the molecule is CC(=O)c1c(-c2ccccc2)c2cc(Cl)ccc2oc1=O. The maximum Gasteiger partial charge on any atom is 0.347 e. The maximum atomic E-state index is 12.1. The summed E-state index contributed by atoms with van der Waals surface area (Å²) in [6, 6.07) is 14.3. The number of hydrogen-bond donors (Lipinski definition) is 0. The average Bonchev–Trinajstić information content (AvgIpc) is 2.47. The Bertz CT molecular complexity index is 895. The molecule has 3 aromatic rings. The first kappa shape index (κ1) is 13.6. The van der Waals surface area contributed by atoms with E-state index in [2.05, 4.69) is 0 Å². The van der Waals surface area contributed by atoms with Gasteiger partial charge in [-0.2, -0.15) is 0 Å². The highest BCUT2D eigenvalue weighted by molar-refractivity contribution is 6.31. The predicted molar refractivity (Wildman–Crippen MR) is 82.9 cm³/mol. The molecule has 0 N–H and O–H groups in total. The first-order valence-electron chi connectivity index (χ1n) is 6.40. The Balaban J connectivity index is 2.53. The van der Waals surface area contributed by atoms with E-state index in [1.165, 1.54) is 6.92 Å². The zero-order valence-corrected chi connectivity index (χ0v) is 12.0. The van der Waals surface area contributed by atoms with E-state index in [0.717, 1.165) is 5.56 Å². The molecule has 1 heterocycles. The van der Waals surface area contributed by atoms with Crippen molar-refractivity contribution in [3.63, 3.8) is 0 Å². The molecule has 21 heavy (non-hydrogen) atoms. The van der Waals surface area contributed by atoms with E-state index in [0.29, 0.717) is 21.6 Å². The number of rotatable bonds is 2. The van der Waals surface area contributed by atoms with Gasteiger partial charge in [-0.15, -0.1) is 0 Å². The largest absolute Gasteiger partial charge is 0.422 e. The lowest BCUT2D eigenvalue weighted by Crippen LogP contribution is -2.14. The Morgan fingerprint density at radius 2 is 1.81 bits per heavy atom. The van der Waals surface area contributed by atoms with Crippen molar-refractivity contribution < 1.29 is 9.21 Å². The second kappa shape index (κ2) is 5.19. The number of ketones is 1. The normalized spacial score (nSPS) is 10.8. The predicted octanol–water partition coefficient (Wildman–Crippen LogP) is 4.32. The van der Waals surface area contributed by atoms with Crippen LogP contribution in [-0.2, 0) is 0 Å². The van der Waals surface area contributed by atoms with Gasteiger partial charge in [0.25, 0.3) is 0 Å². The molecule has 4 heteroatoms. The van der Waals surface area contributed by atoms with Crippen LogP contribution in [0.2, 0.25) is 5.02 Å². The zero-order valence-electron chi connectivity index (χ0n) is 11.2. The van der Waals surface area contributed by atoms with Crippen LogP contribution in [0.25, 0.3) is 22.1 Å². The van der Waals surface area contributed by atoms with Crippen molar-refractivity contribution in [1.82, 2.24) is 0 Å². The lowest BCUT2D eigenvalue weighted by Gasteiger charge is -2.10. The van der Waals surface area contributed by atoms with Gasteiger partial charge in [-0.3, -0.25) is 4.79 Å². The van der Waals surface area contributed by atoms with Gasteiger partial charge in [0, 0.05) is 16.0 Å². The third kappa shape index (κ3) is 2.36. The van der Waals surface area contributed by atoms with Crippen LogP contribution in [0.15, 0.2) is 57.7 Å². The van der Waals surface area contributed by atoms with Crippen LogP contribution in [-0.4, -0.2) is 5.78 Å². The Kier molecular flexibility index (Phi) is 3.35. The molecule has 0 unspecified atom stereocenters.